The van der Waals surface area contributed by atoms with Gasteiger partial charge in [0.1, 0.15) is 6.04 Å². The summed E-state index contributed by atoms with van der Waals surface area (Å²) in [7, 11) is 0. The topological polar surface area (TPSA) is 76.2 Å². The number of fused-ring (bicyclic) bond motifs is 1. The summed E-state index contributed by atoms with van der Waals surface area (Å²) < 4.78 is 2.10. The molecule has 1 aromatic heterocycles. The Balaban J connectivity index is 1.33. The van der Waals surface area contributed by atoms with Gasteiger partial charge in [0.2, 0.25) is 5.91 Å². The molecule has 1 aromatic carbocycles. The van der Waals surface area contributed by atoms with Gasteiger partial charge in [0.05, 0.1) is 24.5 Å². The average molecular weight is 367 g/mol. The Hall–Kier alpha value is -2.18. The summed E-state index contributed by atoms with van der Waals surface area (Å²) in [5, 5.41) is 7.60. The first kappa shape index (κ1) is 18.2. The Morgan fingerprint density at radius 3 is 2.74 bits per heavy atom. The van der Waals surface area contributed by atoms with Crippen molar-refractivity contribution in [1.29, 1.82) is 0 Å². The fourth-order valence-corrected chi connectivity index (χ4v) is 4.29. The molecule has 1 amide bonds. The lowest BCUT2D eigenvalue weighted by Gasteiger charge is -2.36. The first-order valence-electron chi connectivity index (χ1n) is 10.1. The number of nitrogens with zero attached hydrogens (tertiary/aromatic N) is 3. The number of carbonyl (C=O) groups excluding carboxylic acids is 1. The van der Waals surface area contributed by atoms with E-state index >= 15 is 0 Å². The van der Waals surface area contributed by atoms with Crippen LogP contribution in [0.2, 0.25) is 0 Å². The highest BCUT2D eigenvalue weighted by atomic mass is 16.2. The third-order valence-electron chi connectivity index (χ3n) is 5.85. The predicted molar refractivity (Wildman–Crippen MR) is 105 cm³/mol. The molecule has 27 heavy (non-hydrogen) atoms. The van der Waals surface area contributed by atoms with Crippen LogP contribution in [0.3, 0.4) is 0 Å². The largest absolute Gasteiger partial charge is 0.349 e. The summed E-state index contributed by atoms with van der Waals surface area (Å²) in [6.07, 6.45) is 6.76. The number of rotatable bonds is 5. The highest BCUT2D eigenvalue weighted by Crippen LogP contribution is 2.26. The van der Waals surface area contributed by atoms with E-state index in [1.165, 1.54) is 37.8 Å². The Labute approximate surface area is 160 Å². The molecule has 0 spiro atoms. The zero-order valence-electron chi connectivity index (χ0n) is 15.8. The molecule has 1 atom stereocenters. The molecule has 0 bridgehead atoms. The van der Waals surface area contributed by atoms with Crippen LogP contribution in [0, 0.1) is 0 Å². The minimum atomic E-state index is -0.648. The van der Waals surface area contributed by atoms with Gasteiger partial charge in [-0.3, -0.25) is 14.4 Å². The molecule has 1 saturated carbocycles. The first-order chi connectivity index (χ1) is 13.2. The molecule has 1 aliphatic carbocycles. The van der Waals surface area contributed by atoms with Crippen LogP contribution in [-0.4, -0.2) is 33.2 Å². The van der Waals surface area contributed by atoms with E-state index in [-0.39, 0.29) is 5.91 Å². The monoisotopic (exact) mass is 367 g/mol. The van der Waals surface area contributed by atoms with E-state index in [4.69, 9.17) is 5.73 Å². The Morgan fingerprint density at radius 2 is 1.96 bits per heavy atom. The SMILES string of the molecule is NC(C(=O)NCc1cc2n(n1)CCN(C1CCCCC1)C2)c1ccccc1. The van der Waals surface area contributed by atoms with Gasteiger partial charge in [-0.05, 0) is 24.5 Å². The lowest BCUT2D eigenvalue weighted by molar-refractivity contribution is -0.122. The number of aromatic nitrogens is 2. The van der Waals surface area contributed by atoms with Crippen LogP contribution in [0.25, 0.3) is 0 Å². The van der Waals surface area contributed by atoms with E-state index in [0.717, 1.165) is 36.9 Å². The summed E-state index contributed by atoms with van der Waals surface area (Å²) in [5.74, 6) is -0.170. The number of amides is 1. The van der Waals surface area contributed by atoms with Crippen molar-refractivity contribution in [2.75, 3.05) is 6.54 Å². The molecule has 2 heterocycles. The molecule has 2 aliphatic rings. The van der Waals surface area contributed by atoms with Crippen molar-refractivity contribution in [3.05, 3.63) is 53.3 Å². The van der Waals surface area contributed by atoms with E-state index in [2.05, 4.69) is 26.1 Å². The summed E-state index contributed by atoms with van der Waals surface area (Å²) in [4.78, 5) is 15.0. The van der Waals surface area contributed by atoms with E-state index < -0.39 is 6.04 Å². The van der Waals surface area contributed by atoms with Gasteiger partial charge in [-0.25, -0.2) is 0 Å². The minimum absolute atomic E-state index is 0.170. The van der Waals surface area contributed by atoms with Crippen molar-refractivity contribution in [1.82, 2.24) is 20.0 Å². The summed E-state index contributed by atoms with van der Waals surface area (Å²) in [6.45, 7) is 3.39. The molecule has 3 N–H and O–H groups in total. The fourth-order valence-electron chi connectivity index (χ4n) is 4.29. The van der Waals surface area contributed by atoms with Crippen LogP contribution >= 0.6 is 0 Å². The number of nitrogens with two attached hydrogens (primary N) is 1. The number of hydrogen-bond acceptors (Lipinski definition) is 4. The van der Waals surface area contributed by atoms with Crippen molar-refractivity contribution in [2.45, 2.75) is 63.8 Å². The number of hydrogen-bond donors (Lipinski definition) is 2. The molecule has 1 aliphatic heterocycles. The average Bonchev–Trinajstić information content (AvgIpc) is 3.15. The molecule has 1 fully saturated rings. The van der Waals surface area contributed by atoms with E-state index in [0.29, 0.717) is 6.54 Å². The second-order valence-electron chi connectivity index (χ2n) is 7.72. The highest BCUT2D eigenvalue weighted by Gasteiger charge is 2.26. The van der Waals surface area contributed by atoms with E-state index in [1.54, 1.807) is 0 Å². The highest BCUT2D eigenvalue weighted by molar-refractivity contribution is 5.82. The van der Waals surface area contributed by atoms with Crippen LogP contribution in [0.5, 0.6) is 0 Å². The van der Waals surface area contributed by atoms with E-state index in [1.807, 2.05) is 30.3 Å². The van der Waals surface area contributed by atoms with Crippen LogP contribution < -0.4 is 11.1 Å². The quantitative estimate of drug-likeness (QED) is 0.850. The molecule has 0 saturated heterocycles. The predicted octanol–water partition coefficient (Wildman–Crippen LogP) is 2.35. The maximum absolute atomic E-state index is 12.3. The van der Waals surface area contributed by atoms with Gasteiger partial charge < -0.3 is 11.1 Å². The van der Waals surface area contributed by atoms with Crippen molar-refractivity contribution in [3.63, 3.8) is 0 Å². The number of benzene rings is 1. The molecule has 0 radical (unpaired) electrons. The maximum atomic E-state index is 12.3. The Bertz CT molecular complexity index is 766. The molecule has 4 rings (SSSR count). The van der Waals surface area contributed by atoms with Crippen LogP contribution in [0.15, 0.2) is 36.4 Å². The molecular weight excluding hydrogens is 338 g/mol. The lowest BCUT2D eigenvalue weighted by Crippen LogP contribution is -2.42. The summed E-state index contributed by atoms with van der Waals surface area (Å²) >= 11 is 0. The van der Waals surface area contributed by atoms with Crippen molar-refractivity contribution < 1.29 is 4.79 Å². The first-order valence-corrected chi connectivity index (χ1v) is 10.1. The Morgan fingerprint density at radius 1 is 1.19 bits per heavy atom. The minimum Gasteiger partial charge on any atom is -0.349 e. The van der Waals surface area contributed by atoms with Gasteiger partial charge in [0, 0.05) is 19.1 Å². The molecule has 2 aromatic rings. The van der Waals surface area contributed by atoms with Gasteiger partial charge in [-0.1, -0.05) is 49.6 Å². The molecular formula is C21H29N5O. The summed E-state index contributed by atoms with van der Waals surface area (Å²) in [6, 6.07) is 11.7. The van der Waals surface area contributed by atoms with Gasteiger partial charge in [-0.2, -0.15) is 5.10 Å². The summed E-state index contributed by atoms with van der Waals surface area (Å²) in [5.41, 5.74) is 9.04. The third kappa shape index (κ3) is 4.22. The van der Waals surface area contributed by atoms with Crippen LogP contribution in [-0.2, 0) is 24.4 Å². The molecule has 6 nitrogen and oxygen atoms in total. The molecule has 144 valence electrons. The fraction of sp³-hybridized carbons (Fsp3) is 0.524. The number of nitrogens with one attached hydrogen (secondary N) is 1. The van der Waals surface area contributed by atoms with Gasteiger partial charge >= 0.3 is 0 Å². The van der Waals surface area contributed by atoms with Gasteiger partial charge in [-0.15, -0.1) is 0 Å². The van der Waals surface area contributed by atoms with Crippen LogP contribution in [0.1, 0.15) is 55.1 Å². The lowest BCUT2D eigenvalue weighted by atomic mass is 9.94. The second kappa shape index (κ2) is 8.23. The van der Waals surface area contributed by atoms with Crippen molar-refractivity contribution in [3.8, 4) is 0 Å². The Kier molecular flexibility index (Phi) is 5.55. The van der Waals surface area contributed by atoms with Crippen molar-refractivity contribution in [2.24, 2.45) is 5.73 Å². The van der Waals surface area contributed by atoms with Gasteiger partial charge in [0.15, 0.2) is 0 Å². The standard InChI is InChI=1S/C21H29N5O/c22-20(16-7-3-1-4-8-16)21(27)23-14-17-13-19-15-25(11-12-26(19)24-17)18-9-5-2-6-10-18/h1,3-4,7-8,13,18,20H,2,5-6,9-12,14-15,22H2,(H,23,27). The van der Waals surface area contributed by atoms with Crippen molar-refractivity contribution >= 4 is 5.91 Å². The zero-order chi connectivity index (χ0) is 18.6. The molecule has 6 heteroatoms. The maximum Gasteiger partial charge on any atom is 0.241 e. The smallest absolute Gasteiger partial charge is 0.241 e. The number of carbonyl (C=O) groups is 1. The second-order valence-corrected chi connectivity index (χ2v) is 7.72. The van der Waals surface area contributed by atoms with Crippen LogP contribution in [0.4, 0.5) is 0 Å². The zero-order valence-corrected chi connectivity index (χ0v) is 15.8. The third-order valence-corrected chi connectivity index (χ3v) is 5.85. The van der Waals surface area contributed by atoms with Gasteiger partial charge in [0.25, 0.3) is 0 Å². The molecule has 1 unspecified atom stereocenters. The van der Waals surface area contributed by atoms with E-state index in [9.17, 15) is 4.79 Å². The normalized spacial score (nSPS) is 19.4.